The largest absolute Gasteiger partial charge is 0.481 e. The normalized spacial score (nSPS) is 12.3. The van der Waals surface area contributed by atoms with Gasteiger partial charge in [0, 0.05) is 30.4 Å². The highest BCUT2D eigenvalue weighted by Gasteiger charge is 2.23. The van der Waals surface area contributed by atoms with Crippen molar-refractivity contribution < 1.29 is 19.4 Å². The van der Waals surface area contributed by atoms with E-state index in [9.17, 15) is 14.7 Å². The molecule has 1 amide bonds. The number of carboxylic acids is 1. The number of aliphatic carboxylic acids is 1. The fourth-order valence-corrected chi connectivity index (χ4v) is 2.82. The van der Waals surface area contributed by atoms with Gasteiger partial charge in [-0.2, -0.15) is 0 Å². The highest BCUT2D eigenvalue weighted by atomic mass is 16.6. The molecule has 0 spiro atoms. The van der Waals surface area contributed by atoms with Gasteiger partial charge >= 0.3 is 12.1 Å². The summed E-state index contributed by atoms with van der Waals surface area (Å²) in [4.78, 5) is 31.8. The van der Waals surface area contributed by atoms with Crippen molar-refractivity contribution in [2.45, 2.75) is 52.7 Å². The highest BCUT2D eigenvalue weighted by molar-refractivity contribution is 5.73. The first-order valence-electron chi connectivity index (χ1n) is 8.64. The van der Waals surface area contributed by atoms with Crippen molar-refractivity contribution >= 4 is 12.1 Å². The number of hydrogen-bond acceptors (Lipinski definition) is 5. The predicted molar refractivity (Wildman–Crippen MR) is 101 cm³/mol. The second-order valence-electron chi connectivity index (χ2n) is 7.45. The summed E-state index contributed by atoms with van der Waals surface area (Å²) in [5, 5.41) is 11.9. The number of nitrogens with one attached hydrogen (secondary N) is 1. The summed E-state index contributed by atoms with van der Waals surface area (Å²) in [6.45, 7) is 9.15. The van der Waals surface area contributed by atoms with E-state index in [0.29, 0.717) is 5.56 Å². The number of aryl methyl sites for hydroxylation is 2. The number of alkyl carbamates (subject to hydrolysis) is 1. The van der Waals surface area contributed by atoms with Crippen molar-refractivity contribution in [2.75, 3.05) is 0 Å². The SMILES string of the molecule is Cc1cncc(C)c1-c1cncc(C(CC(=O)O)NC(=O)OC(C)(C)C)c1. The van der Waals surface area contributed by atoms with Crippen molar-refractivity contribution in [3.8, 4) is 11.1 Å². The lowest BCUT2D eigenvalue weighted by atomic mass is 9.96. The summed E-state index contributed by atoms with van der Waals surface area (Å²) in [5.74, 6) is -1.03. The second kappa shape index (κ2) is 8.16. The zero-order chi connectivity index (χ0) is 20.2. The lowest BCUT2D eigenvalue weighted by molar-refractivity contribution is -0.137. The van der Waals surface area contributed by atoms with Crippen LogP contribution in [0.1, 0.15) is 49.9 Å². The van der Waals surface area contributed by atoms with Crippen molar-refractivity contribution in [1.29, 1.82) is 0 Å². The number of amides is 1. The van der Waals surface area contributed by atoms with E-state index < -0.39 is 23.7 Å². The Labute approximate surface area is 158 Å². The average molecular weight is 371 g/mol. The van der Waals surface area contributed by atoms with Gasteiger partial charge in [0.15, 0.2) is 0 Å². The van der Waals surface area contributed by atoms with Gasteiger partial charge in [0.05, 0.1) is 12.5 Å². The van der Waals surface area contributed by atoms with Gasteiger partial charge in [0.2, 0.25) is 0 Å². The zero-order valence-electron chi connectivity index (χ0n) is 16.2. The van der Waals surface area contributed by atoms with E-state index in [0.717, 1.165) is 22.3 Å². The molecule has 0 fully saturated rings. The van der Waals surface area contributed by atoms with Crippen LogP contribution in [0.25, 0.3) is 11.1 Å². The molecule has 0 aliphatic rings. The minimum atomic E-state index is -1.03. The van der Waals surface area contributed by atoms with E-state index in [1.54, 1.807) is 45.6 Å². The Morgan fingerprint density at radius 3 is 2.26 bits per heavy atom. The molecule has 0 saturated carbocycles. The molecule has 0 saturated heterocycles. The van der Waals surface area contributed by atoms with Gasteiger partial charge in [-0.15, -0.1) is 0 Å². The monoisotopic (exact) mass is 371 g/mol. The van der Waals surface area contributed by atoms with Gasteiger partial charge in [-0.25, -0.2) is 4.79 Å². The van der Waals surface area contributed by atoms with Crippen LogP contribution >= 0.6 is 0 Å². The number of hydrogen-bond donors (Lipinski definition) is 2. The fraction of sp³-hybridized carbons (Fsp3) is 0.400. The number of carbonyl (C=O) groups is 2. The van der Waals surface area contributed by atoms with E-state index >= 15 is 0 Å². The Morgan fingerprint density at radius 2 is 1.70 bits per heavy atom. The minimum Gasteiger partial charge on any atom is -0.481 e. The average Bonchev–Trinajstić information content (AvgIpc) is 2.52. The maximum atomic E-state index is 12.1. The summed E-state index contributed by atoms with van der Waals surface area (Å²) >= 11 is 0. The Bertz CT molecular complexity index is 823. The molecular weight excluding hydrogens is 346 g/mol. The zero-order valence-corrected chi connectivity index (χ0v) is 16.2. The summed E-state index contributed by atoms with van der Waals surface area (Å²) < 4.78 is 5.25. The van der Waals surface area contributed by atoms with Crippen LogP contribution in [0, 0.1) is 13.8 Å². The Hall–Kier alpha value is -2.96. The summed E-state index contributed by atoms with van der Waals surface area (Å²) in [5.41, 5.74) is 3.73. The molecule has 144 valence electrons. The van der Waals surface area contributed by atoms with Crippen LogP contribution in [0.5, 0.6) is 0 Å². The standard InChI is InChI=1S/C20H25N3O4/c1-12-8-21-9-13(2)18(12)15-6-14(10-22-11-15)16(7-17(24)25)23-19(26)27-20(3,4)5/h6,8-11,16H,7H2,1-5H3,(H,23,26)(H,24,25). The number of rotatable bonds is 5. The van der Waals surface area contributed by atoms with E-state index in [1.165, 1.54) is 0 Å². The molecule has 0 aliphatic carbocycles. The van der Waals surface area contributed by atoms with Crippen molar-refractivity contribution in [3.05, 3.63) is 47.5 Å². The third-order valence-corrected chi connectivity index (χ3v) is 3.85. The Kier molecular flexibility index (Phi) is 6.15. The third-order valence-electron chi connectivity index (χ3n) is 3.85. The predicted octanol–water partition coefficient (Wildman–Crippen LogP) is 3.80. The van der Waals surface area contributed by atoms with Crippen LogP contribution in [0.4, 0.5) is 4.79 Å². The molecule has 2 rings (SSSR count). The molecule has 1 atom stereocenters. The van der Waals surface area contributed by atoms with E-state index in [2.05, 4.69) is 15.3 Å². The molecule has 0 aromatic carbocycles. The molecule has 1 unspecified atom stereocenters. The van der Waals surface area contributed by atoms with Gasteiger partial charge in [-0.3, -0.25) is 14.8 Å². The molecular formula is C20H25N3O4. The minimum absolute atomic E-state index is 0.279. The van der Waals surface area contributed by atoms with Crippen LogP contribution in [0.15, 0.2) is 30.9 Å². The summed E-state index contributed by atoms with van der Waals surface area (Å²) in [6, 6.07) is 1.08. The topological polar surface area (TPSA) is 101 Å². The van der Waals surface area contributed by atoms with Crippen LogP contribution in [0.3, 0.4) is 0 Å². The molecule has 2 N–H and O–H groups in total. The number of carbonyl (C=O) groups excluding carboxylic acids is 1. The Morgan fingerprint density at radius 1 is 1.11 bits per heavy atom. The quantitative estimate of drug-likeness (QED) is 0.829. The van der Waals surface area contributed by atoms with E-state index in [4.69, 9.17) is 4.74 Å². The number of aromatic nitrogens is 2. The molecule has 7 heteroatoms. The maximum Gasteiger partial charge on any atom is 0.408 e. The van der Waals surface area contributed by atoms with Crippen LogP contribution in [-0.4, -0.2) is 32.7 Å². The van der Waals surface area contributed by atoms with Crippen molar-refractivity contribution in [3.63, 3.8) is 0 Å². The molecule has 0 bridgehead atoms. The molecule has 0 radical (unpaired) electrons. The molecule has 27 heavy (non-hydrogen) atoms. The summed E-state index contributed by atoms with van der Waals surface area (Å²) in [6.07, 6.45) is 5.85. The van der Waals surface area contributed by atoms with Crippen LogP contribution in [-0.2, 0) is 9.53 Å². The maximum absolute atomic E-state index is 12.1. The smallest absolute Gasteiger partial charge is 0.408 e. The van der Waals surface area contributed by atoms with Gasteiger partial charge in [-0.05, 0) is 62.9 Å². The van der Waals surface area contributed by atoms with Gasteiger partial charge in [0.1, 0.15) is 5.60 Å². The number of carboxylic acid groups (broad SMARTS) is 1. The van der Waals surface area contributed by atoms with Crippen LogP contribution in [0.2, 0.25) is 0 Å². The summed E-state index contributed by atoms with van der Waals surface area (Å²) in [7, 11) is 0. The number of ether oxygens (including phenoxy) is 1. The van der Waals surface area contributed by atoms with Crippen molar-refractivity contribution in [1.82, 2.24) is 15.3 Å². The molecule has 2 heterocycles. The third kappa shape index (κ3) is 5.77. The van der Waals surface area contributed by atoms with Crippen molar-refractivity contribution in [2.24, 2.45) is 0 Å². The van der Waals surface area contributed by atoms with Crippen LogP contribution < -0.4 is 5.32 Å². The fourth-order valence-electron chi connectivity index (χ4n) is 2.82. The van der Waals surface area contributed by atoms with Gasteiger partial charge in [-0.1, -0.05) is 0 Å². The lowest BCUT2D eigenvalue weighted by Gasteiger charge is -2.23. The first-order chi connectivity index (χ1) is 12.6. The first kappa shape index (κ1) is 20.4. The highest BCUT2D eigenvalue weighted by Crippen LogP contribution is 2.28. The lowest BCUT2D eigenvalue weighted by Crippen LogP contribution is -2.35. The molecule has 0 aliphatic heterocycles. The van der Waals surface area contributed by atoms with Gasteiger partial charge < -0.3 is 15.2 Å². The number of nitrogens with zero attached hydrogens (tertiary/aromatic N) is 2. The Balaban J connectivity index is 2.36. The molecule has 2 aromatic heterocycles. The van der Waals surface area contributed by atoms with E-state index in [-0.39, 0.29) is 6.42 Å². The molecule has 2 aromatic rings. The second-order valence-corrected chi connectivity index (χ2v) is 7.45. The number of pyridine rings is 2. The first-order valence-corrected chi connectivity index (χ1v) is 8.64. The molecule has 7 nitrogen and oxygen atoms in total. The van der Waals surface area contributed by atoms with E-state index in [1.807, 2.05) is 19.9 Å². The van der Waals surface area contributed by atoms with Gasteiger partial charge in [0.25, 0.3) is 0 Å².